The minimum Gasteiger partial charge on any atom is -0.464 e. The maximum Gasteiger partial charge on any atom is 0.357 e. The molecule has 168 valence electrons. The minimum absolute atomic E-state index is 0.0616. The van der Waals surface area contributed by atoms with Crippen LogP contribution in [0, 0.1) is 0 Å². The number of nitrogens with zero attached hydrogens (tertiary/aromatic N) is 2. The first-order chi connectivity index (χ1) is 14.8. The Morgan fingerprint density at radius 1 is 1.03 bits per heavy atom. The van der Waals surface area contributed by atoms with Crippen molar-refractivity contribution in [3.63, 3.8) is 0 Å². The van der Waals surface area contributed by atoms with Gasteiger partial charge in [-0.15, -0.1) is 0 Å². The van der Waals surface area contributed by atoms with E-state index in [1.54, 1.807) is 26.3 Å². The van der Waals surface area contributed by atoms with Crippen molar-refractivity contribution in [1.82, 2.24) is 9.78 Å². The van der Waals surface area contributed by atoms with Gasteiger partial charge in [-0.2, -0.15) is 5.10 Å². The average Bonchev–Trinajstić information content (AvgIpc) is 3.55. The highest BCUT2D eigenvalue weighted by atomic mass is 32.2. The fraction of sp³-hybridized carbons (Fsp3) is 0.545. The van der Waals surface area contributed by atoms with E-state index in [9.17, 15) is 13.2 Å². The highest BCUT2D eigenvalue weighted by Gasteiger charge is 2.37. The van der Waals surface area contributed by atoms with Gasteiger partial charge in [0.25, 0.3) is 10.0 Å². The van der Waals surface area contributed by atoms with Gasteiger partial charge in [0.05, 0.1) is 18.9 Å². The first-order valence-corrected chi connectivity index (χ1v) is 12.1. The first kappa shape index (κ1) is 21.8. The van der Waals surface area contributed by atoms with E-state index in [4.69, 9.17) is 9.47 Å². The number of rotatable bonds is 7. The van der Waals surface area contributed by atoms with E-state index in [1.807, 2.05) is 12.1 Å². The molecule has 0 radical (unpaired) electrons. The van der Waals surface area contributed by atoms with Crippen molar-refractivity contribution in [2.75, 3.05) is 18.9 Å². The summed E-state index contributed by atoms with van der Waals surface area (Å²) in [5, 5.41) is 4.46. The Morgan fingerprint density at radius 3 is 2.19 bits per heavy atom. The lowest BCUT2D eigenvalue weighted by Crippen LogP contribution is -2.23. The SMILES string of the molecule is COC(=O)c1c(S(=O)(=O)Nc2ccc(C3CC3)cc2)c(C2CCC(OC)CC2)nn1C. The summed E-state index contributed by atoms with van der Waals surface area (Å²) < 4.78 is 41.2. The largest absolute Gasteiger partial charge is 0.464 e. The van der Waals surface area contributed by atoms with Gasteiger partial charge in [0.2, 0.25) is 0 Å². The third kappa shape index (κ3) is 4.48. The van der Waals surface area contributed by atoms with Crippen molar-refractivity contribution in [1.29, 1.82) is 0 Å². The van der Waals surface area contributed by atoms with Crippen LogP contribution in [0.2, 0.25) is 0 Å². The Hall–Kier alpha value is -2.39. The summed E-state index contributed by atoms with van der Waals surface area (Å²) in [5.41, 5.74) is 2.03. The number of benzene rings is 1. The van der Waals surface area contributed by atoms with Crippen LogP contribution in [0.25, 0.3) is 0 Å². The van der Waals surface area contributed by atoms with Crippen LogP contribution >= 0.6 is 0 Å². The molecule has 2 aliphatic rings. The van der Waals surface area contributed by atoms with E-state index in [0.717, 1.165) is 25.7 Å². The molecule has 0 aliphatic heterocycles. The molecular weight excluding hydrogens is 418 g/mol. The second-order valence-electron chi connectivity index (χ2n) is 8.39. The van der Waals surface area contributed by atoms with Crippen molar-refractivity contribution >= 4 is 21.7 Å². The van der Waals surface area contributed by atoms with Crippen LogP contribution in [-0.4, -0.2) is 44.5 Å². The zero-order valence-electron chi connectivity index (χ0n) is 18.1. The molecule has 8 nitrogen and oxygen atoms in total. The summed E-state index contributed by atoms with van der Waals surface area (Å²) in [6.07, 6.45) is 5.66. The lowest BCUT2D eigenvalue weighted by molar-refractivity contribution is 0.0583. The molecule has 1 N–H and O–H groups in total. The second kappa shape index (κ2) is 8.63. The normalized spacial score (nSPS) is 21.6. The highest BCUT2D eigenvalue weighted by molar-refractivity contribution is 7.92. The van der Waals surface area contributed by atoms with Crippen LogP contribution in [0.4, 0.5) is 5.69 Å². The maximum atomic E-state index is 13.5. The average molecular weight is 448 g/mol. The predicted octanol–water partition coefficient (Wildman–Crippen LogP) is 3.56. The van der Waals surface area contributed by atoms with E-state index in [0.29, 0.717) is 17.3 Å². The van der Waals surface area contributed by atoms with Crippen LogP contribution in [0.15, 0.2) is 29.2 Å². The lowest BCUT2D eigenvalue weighted by atomic mass is 9.85. The molecule has 4 rings (SSSR count). The molecule has 0 bridgehead atoms. The number of carbonyl (C=O) groups excluding carboxylic acids is 1. The molecule has 2 fully saturated rings. The van der Waals surface area contributed by atoms with Gasteiger partial charge in [0.1, 0.15) is 4.90 Å². The van der Waals surface area contributed by atoms with Crippen LogP contribution < -0.4 is 4.72 Å². The third-order valence-electron chi connectivity index (χ3n) is 6.28. The quantitative estimate of drug-likeness (QED) is 0.652. The van der Waals surface area contributed by atoms with Crippen LogP contribution in [0.1, 0.15) is 72.1 Å². The Kier molecular flexibility index (Phi) is 6.07. The molecule has 2 aromatic rings. The number of hydrogen-bond acceptors (Lipinski definition) is 6. The number of aromatic nitrogens is 2. The number of sulfonamides is 1. The fourth-order valence-corrected chi connectivity index (χ4v) is 5.90. The summed E-state index contributed by atoms with van der Waals surface area (Å²) in [7, 11) is 0.434. The standard InChI is InChI=1S/C22H29N3O5S/c1-25-20(22(26)30-3)21(19(23-25)16-8-12-18(29-2)13-9-16)31(27,28)24-17-10-6-15(7-11-17)14-4-5-14/h6-7,10-11,14,16,18,24H,4-5,8-9,12-13H2,1-3H3. The summed E-state index contributed by atoms with van der Waals surface area (Å²) in [5.74, 6) is -0.208. The molecule has 1 heterocycles. The molecule has 31 heavy (non-hydrogen) atoms. The number of ether oxygens (including phenoxy) is 2. The Balaban J connectivity index is 1.69. The van der Waals surface area contributed by atoms with E-state index in [1.165, 1.54) is 30.2 Å². The zero-order valence-corrected chi connectivity index (χ0v) is 18.9. The lowest BCUT2D eigenvalue weighted by Gasteiger charge is -2.27. The number of nitrogens with one attached hydrogen (secondary N) is 1. The van der Waals surface area contributed by atoms with Gasteiger partial charge in [-0.05, 0) is 62.1 Å². The van der Waals surface area contributed by atoms with Gasteiger partial charge in [-0.1, -0.05) is 12.1 Å². The van der Waals surface area contributed by atoms with E-state index >= 15 is 0 Å². The number of esters is 1. The molecule has 0 amide bonds. The first-order valence-electron chi connectivity index (χ1n) is 10.6. The van der Waals surface area contributed by atoms with E-state index in [2.05, 4.69) is 9.82 Å². The molecular formula is C22H29N3O5S. The highest BCUT2D eigenvalue weighted by Crippen LogP contribution is 2.41. The minimum atomic E-state index is -4.06. The smallest absolute Gasteiger partial charge is 0.357 e. The topological polar surface area (TPSA) is 99.5 Å². The van der Waals surface area contributed by atoms with Crippen molar-refractivity contribution in [3.05, 3.63) is 41.2 Å². The van der Waals surface area contributed by atoms with Gasteiger partial charge in [0.15, 0.2) is 5.69 Å². The van der Waals surface area contributed by atoms with Crippen molar-refractivity contribution in [3.8, 4) is 0 Å². The van der Waals surface area contributed by atoms with Crippen LogP contribution in [0.5, 0.6) is 0 Å². The Morgan fingerprint density at radius 2 is 1.65 bits per heavy atom. The van der Waals surface area contributed by atoms with Crippen molar-refractivity contribution < 1.29 is 22.7 Å². The van der Waals surface area contributed by atoms with Crippen molar-refractivity contribution in [2.24, 2.45) is 7.05 Å². The Labute approximate surface area is 183 Å². The Bertz CT molecular complexity index is 1050. The number of hydrogen-bond donors (Lipinski definition) is 1. The zero-order chi connectivity index (χ0) is 22.2. The fourth-order valence-electron chi connectivity index (χ4n) is 4.40. The molecule has 0 spiro atoms. The summed E-state index contributed by atoms with van der Waals surface area (Å²) >= 11 is 0. The van der Waals surface area contributed by atoms with Gasteiger partial charge < -0.3 is 9.47 Å². The van der Waals surface area contributed by atoms with Gasteiger partial charge in [-0.25, -0.2) is 13.2 Å². The summed E-state index contributed by atoms with van der Waals surface area (Å²) in [6.45, 7) is 0. The third-order valence-corrected chi connectivity index (χ3v) is 7.73. The number of aryl methyl sites for hydroxylation is 1. The molecule has 9 heteroatoms. The number of carbonyl (C=O) groups is 1. The van der Waals surface area contributed by atoms with Crippen LogP contribution in [0.3, 0.4) is 0 Å². The molecule has 0 saturated heterocycles. The van der Waals surface area contributed by atoms with Crippen LogP contribution in [-0.2, 0) is 26.5 Å². The summed E-state index contributed by atoms with van der Waals surface area (Å²) in [4.78, 5) is 12.4. The molecule has 0 atom stereocenters. The molecule has 2 saturated carbocycles. The molecule has 1 aromatic carbocycles. The van der Waals surface area contributed by atoms with Gasteiger partial charge in [-0.3, -0.25) is 9.40 Å². The molecule has 0 unspecified atom stereocenters. The number of anilines is 1. The predicted molar refractivity (Wildman–Crippen MR) is 116 cm³/mol. The van der Waals surface area contributed by atoms with E-state index < -0.39 is 16.0 Å². The maximum absolute atomic E-state index is 13.5. The van der Waals surface area contributed by atoms with Gasteiger partial charge >= 0.3 is 5.97 Å². The summed E-state index contributed by atoms with van der Waals surface area (Å²) in [6, 6.07) is 7.44. The molecule has 1 aromatic heterocycles. The van der Waals surface area contributed by atoms with Crippen molar-refractivity contribution in [2.45, 2.75) is 61.4 Å². The monoisotopic (exact) mass is 447 g/mol. The van der Waals surface area contributed by atoms with E-state index in [-0.39, 0.29) is 22.6 Å². The number of methoxy groups -OCH3 is 2. The second-order valence-corrected chi connectivity index (χ2v) is 10.0. The molecule has 2 aliphatic carbocycles. The van der Waals surface area contributed by atoms with Gasteiger partial charge in [0, 0.05) is 25.8 Å².